The molecule has 0 saturated heterocycles. The first-order valence-corrected chi connectivity index (χ1v) is 8.12. The monoisotopic (exact) mass is 285 g/mol. The minimum absolute atomic E-state index is 0.295. The molecule has 0 aliphatic heterocycles. The van der Waals surface area contributed by atoms with Gasteiger partial charge in [-0.05, 0) is 32.1 Å². The molecule has 0 aliphatic rings. The number of aliphatic carboxylic acids is 1. The van der Waals surface area contributed by atoms with Crippen LogP contribution in [0.3, 0.4) is 0 Å². The van der Waals surface area contributed by atoms with E-state index in [1.165, 1.54) is 51.4 Å². The number of hydrogen-bond donors (Lipinski definition) is 2. The SMILES string of the molecule is CC(=O)O.CCCCC(=CC(N)CCCC)CCCC. The fourth-order valence-corrected chi connectivity index (χ4v) is 1.93. The Morgan fingerprint density at radius 2 is 1.45 bits per heavy atom. The minimum Gasteiger partial charge on any atom is -0.481 e. The van der Waals surface area contributed by atoms with E-state index in [0.717, 1.165) is 13.3 Å². The van der Waals surface area contributed by atoms with Crippen LogP contribution in [-0.4, -0.2) is 17.1 Å². The van der Waals surface area contributed by atoms with E-state index in [9.17, 15) is 0 Å². The first-order chi connectivity index (χ1) is 9.47. The molecular formula is C17H35NO2. The minimum atomic E-state index is -0.833. The molecular weight excluding hydrogens is 250 g/mol. The molecule has 0 fully saturated rings. The largest absolute Gasteiger partial charge is 0.481 e. The molecule has 1 atom stereocenters. The first-order valence-electron chi connectivity index (χ1n) is 8.12. The van der Waals surface area contributed by atoms with Gasteiger partial charge in [0.2, 0.25) is 0 Å². The van der Waals surface area contributed by atoms with Crippen molar-refractivity contribution in [1.29, 1.82) is 0 Å². The van der Waals surface area contributed by atoms with Crippen molar-refractivity contribution in [2.75, 3.05) is 0 Å². The molecule has 0 heterocycles. The second-order valence-corrected chi connectivity index (χ2v) is 5.36. The molecule has 20 heavy (non-hydrogen) atoms. The van der Waals surface area contributed by atoms with Gasteiger partial charge >= 0.3 is 0 Å². The van der Waals surface area contributed by atoms with Crippen LogP contribution in [0.15, 0.2) is 11.6 Å². The van der Waals surface area contributed by atoms with Crippen molar-refractivity contribution in [2.24, 2.45) is 5.73 Å². The third kappa shape index (κ3) is 19.5. The zero-order chi connectivity index (χ0) is 15.8. The van der Waals surface area contributed by atoms with Crippen LogP contribution in [0.25, 0.3) is 0 Å². The summed E-state index contributed by atoms with van der Waals surface area (Å²) in [6.07, 6.45) is 13.7. The van der Waals surface area contributed by atoms with Crippen molar-refractivity contribution in [3.63, 3.8) is 0 Å². The number of rotatable bonds is 10. The Balaban J connectivity index is 0. The lowest BCUT2D eigenvalue weighted by molar-refractivity contribution is -0.134. The van der Waals surface area contributed by atoms with Crippen molar-refractivity contribution in [2.45, 2.75) is 91.5 Å². The molecule has 0 aromatic rings. The van der Waals surface area contributed by atoms with Crippen LogP contribution in [-0.2, 0) is 4.79 Å². The van der Waals surface area contributed by atoms with Gasteiger partial charge in [0.05, 0.1) is 0 Å². The lowest BCUT2D eigenvalue weighted by atomic mass is 9.99. The number of nitrogens with two attached hydrogens (primary N) is 1. The summed E-state index contributed by atoms with van der Waals surface area (Å²) < 4.78 is 0. The molecule has 0 aromatic carbocycles. The van der Waals surface area contributed by atoms with Crippen molar-refractivity contribution in [3.05, 3.63) is 11.6 Å². The van der Waals surface area contributed by atoms with Gasteiger partial charge in [0, 0.05) is 13.0 Å². The molecule has 0 radical (unpaired) electrons. The molecule has 0 aromatic heterocycles. The van der Waals surface area contributed by atoms with Crippen molar-refractivity contribution in [3.8, 4) is 0 Å². The highest BCUT2D eigenvalue weighted by molar-refractivity contribution is 5.62. The highest BCUT2D eigenvalue weighted by Gasteiger charge is 2.02. The van der Waals surface area contributed by atoms with Gasteiger partial charge in [0.15, 0.2) is 0 Å². The van der Waals surface area contributed by atoms with Crippen LogP contribution in [0, 0.1) is 0 Å². The van der Waals surface area contributed by atoms with E-state index in [1.807, 2.05) is 0 Å². The van der Waals surface area contributed by atoms with E-state index < -0.39 is 5.97 Å². The fraction of sp³-hybridized carbons (Fsp3) is 0.824. The maximum Gasteiger partial charge on any atom is 0.300 e. The molecule has 3 heteroatoms. The molecule has 3 N–H and O–H groups in total. The van der Waals surface area contributed by atoms with Gasteiger partial charge in [-0.25, -0.2) is 0 Å². The van der Waals surface area contributed by atoms with Gasteiger partial charge in [-0.1, -0.05) is 58.1 Å². The summed E-state index contributed by atoms with van der Waals surface area (Å²) in [6, 6.07) is 0.295. The summed E-state index contributed by atoms with van der Waals surface area (Å²) in [5, 5.41) is 7.42. The first kappa shape index (κ1) is 21.5. The summed E-state index contributed by atoms with van der Waals surface area (Å²) in [5.74, 6) is -0.833. The predicted molar refractivity (Wildman–Crippen MR) is 87.9 cm³/mol. The normalized spacial score (nSPS) is 11.2. The fourth-order valence-electron chi connectivity index (χ4n) is 1.93. The van der Waals surface area contributed by atoms with Crippen molar-refractivity contribution < 1.29 is 9.90 Å². The van der Waals surface area contributed by atoms with Crippen LogP contribution in [0.1, 0.15) is 85.5 Å². The van der Waals surface area contributed by atoms with E-state index in [-0.39, 0.29) is 0 Å². The van der Waals surface area contributed by atoms with Gasteiger partial charge < -0.3 is 10.8 Å². The third-order valence-corrected chi connectivity index (χ3v) is 3.04. The number of hydrogen-bond acceptors (Lipinski definition) is 2. The average molecular weight is 285 g/mol. The van der Waals surface area contributed by atoms with Gasteiger partial charge in [-0.3, -0.25) is 4.79 Å². The Morgan fingerprint density at radius 3 is 1.80 bits per heavy atom. The van der Waals surface area contributed by atoms with Gasteiger partial charge in [0.25, 0.3) is 5.97 Å². The van der Waals surface area contributed by atoms with Crippen LogP contribution >= 0.6 is 0 Å². The molecule has 0 rings (SSSR count). The highest BCUT2D eigenvalue weighted by atomic mass is 16.4. The van der Waals surface area contributed by atoms with Crippen LogP contribution in [0.4, 0.5) is 0 Å². The maximum atomic E-state index is 9.00. The van der Waals surface area contributed by atoms with Crippen molar-refractivity contribution >= 4 is 5.97 Å². The Labute approximate surface area is 125 Å². The number of unbranched alkanes of at least 4 members (excludes halogenated alkanes) is 3. The number of allylic oxidation sites excluding steroid dienone is 1. The summed E-state index contributed by atoms with van der Waals surface area (Å²) >= 11 is 0. The average Bonchev–Trinajstić information content (AvgIpc) is 2.38. The Hall–Kier alpha value is -0.830. The standard InChI is InChI=1S/C15H31N.C2H4O2/c1-4-7-10-14(11-8-5-2)13-15(16)12-9-6-3;1-2(3)4/h13,15H,4-12,16H2,1-3H3;1H3,(H,3,4). The second-order valence-electron chi connectivity index (χ2n) is 5.36. The topological polar surface area (TPSA) is 63.3 Å². The number of carbonyl (C=O) groups is 1. The third-order valence-electron chi connectivity index (χ3n) is 3.04. The molecule has 0 saturated carbocycles. The molecule has 1 unspecified atom stereocenters. The summed E-state index contributed by atoms with van der Waals surface area (Å²) in [5.41, 5.74) is 7.73. The zero-order valence-corrected chi connectivity index (χ0v) is 14.0. The zero-order valence-electron chi connectivity index (χ0n) is 14.0. The molecule has 3 nitrogen and oxygen atoms in total. The molecule has 120 valence electrons. The predicted octanol–water partition coefficient (Wildman–Crippen LogP) is 4.90. The molecule has 0 bridgehead atoms. The quantitative estimate of drug-likeness (QED) is 0.561. The van der Waals surface area contributed by atoms with Gasteiger partial charge in [0.1, 0.15) is 0 Å². The van der Waals surface area contributed by atoms with Crippen LogP contribution in [0.5, 0.6) is 0 Å². The van der Waals surface area contributed by atoms with E-state index in [0.29, 0.717) is 6.04 Å². The van der Waals surface area contributed by atoms with Crippen molar-refractivity contribution in [1.82, 2.24) is 0 Å². The number of carboxylic acids is 1. The van der Waals surface area contributed by atoms with Gasteiger partial charge in [-0.2, -0.15) is 0 Å². The molecule has 0 aliphatic carbocycles. The lowest BCUT2D eigenvalue weighted by Crippen LogP contribution is -2.17. The molecule has 0 amide bonds. The Bertz CT molecular complexity index is 235. The highest BCUT2D eigenvalue weighted by Crippen LogP contribution is 2.16. The van der Waals surface area contributed by atoms with Crippen LogP contribution in [0.2, 0.25) is 0 Å². The summed E-state index contributed by atoms with van der Waals surface area (Å²) in [7, 11) is 0. The van der Waals surface area contributed by atoms with E-state index in [2.05, 4.69) is 26.8 Å². The van der Waals surface area contributed by atoms with E-state index in [1.54, 1.807) is 5.57 Å². The Kier molecular flexibility index (Phi) is 17.4. The number of carboxylic acid groups (broad SMARTS) is 1. The van der Waals surface area contributed by atoms with Crippen LogP contribution < -0.4 is 5.73 Å². The Morgan fingerprint density at radius 1 is 1.05 bits per heavy atom. The maximum absolute atomic E-state index is 9.00. The lowest BCUT2D eigenvalue weighted by Gasteiger charge is -2.11. The summed E-state index contributed by atoms with van der Waals surface area (Å²) in [6.45, 7) is 7.83. The second kappa shape index (κ2) is 16.2. The van der Waals surface area contributed by atoms with Gasteiger partial charge in [-0.15, -0.1) is 0 Å². The molecule has 0 spiro atoms. The van der Waals surface area contributed by atoms with E-state index in [4.69, 9.17) is 15.6 Å². The smallest absolute Gasteiger partial charge is 0.300 e. The summed E-state index contributed by atoms with van der Waals surface area (Å²) in [4.78, 5) is 9.00. The van der Waals surface area contributed by atoms with E-state index >= 15 is 0 Å².